The van der Waals surface area contributed by atoms with Gasteiger partial charge in [-0.25, -0.2) is 0 Å². The van der Waals surface area contributed by atoms with Crippen LogP contribution in [0.1, 0.15) is 28.4 Å². The van der Waals surface area contributed by atoms with Crippen molar-refractivity contribution >= 4 is 11.5 Å². The molecule has 2 N–H and O–H groups in total. The van der Waals surface area contributed by atoms with Crippen molar-refractivity contribution in [2.45, 2.75) is 13.3 Å². The predicted molar refractivity (Wildman–Crippen MR) is 76.7 cm³/mol. The number of methoxy groups -OCH3 is 1. The average Bonchev–Trinajstić information content (AvgIpc) is 2.46. The lowest BCUT2D eigenvalue weighted by Gasteiger charge is -2.07. The van der Waals surface area contributed by atoms with Crippen LogP contribution in [0.25, 0.3) is 0 Å². The maximum absolute atomic E-state index is 12.3. The van der Waals surface area contributed by atoms with Crippen molar-refractivity contribution in [2.24, 2.45) is 0 Å². The third-order valence-electron chi connectivity index (χ3n) is 3.13. The Morgan fingerprint density at radius 1 is 1.16 bits per heavy atom. The molecule has 3 heteroatoms. The minimum Gasteiger partial charge on any atom is -0.497 e. The number of ketones is 1. The minimum absolute atomic E-state index is 0.0668. The fraction of sp³-hybridized carbons (Fsp3) is 0.188. The zero-order valence-corrected chi connectivity index (χ0v) is 11.1. The number of anilines is 1. The molecule has 2 aromatic rings. The van der Waals surface area contributed by atoms with Crippen LogP contribution in [0.2, 0.25) is 0 Å². The fourth-order valence-electron chi connectivity index (χ4n) is 1.92. The van der Waals surface area contributed by atoms with Crippen molar-refractivity contribution in [3.05, 3.63) is 59.2 Å². The Balaban J connectivity index is 2.32. The van der Waals surface area contributed by atoms with E-state index in [0.717, 1.165) is 6.42 Å². The number of rotatable bonds is 4. The molecule has 0 aliphatic rings. The first-order valence-corrected chi connectivity index (χ1v) is 6.23. The summed E-state index contributed by atoms with van der Waals surface area (Å²) in [7, 11) is 1.57. The van der Waals surface area contributed by atoms with Gasteiger partial charge in [0.25, 0.3) is 0 Å². The molecule has 0 radical (unpaired) electrons. The van der Waals surface area contributed by atoms with Crippen molar-refractivity contribution in [3.63, 3.8) is 0 Å². The Labute approximate surface area is 113 Å². The van der Waals surface area contributed by atoms with Crippen LogP contribution < -0.4 is 10.5 Å². The summed E-state index contributed by atoms with van der Waals surface area (Å²) in [5.74, 6) is 0.582. The van der Waals surface area contributed by atoms with Crippen LogP contribution in [0.5, 0.6) is 5.75 Å². The molecule has 0 saturated carbocycles. The first kappa shape index (κ1) is 13.1. The number of hydrogen-bond acceptors (Lipinski definition) is 3. The number of carbonyl (C=O) groups excluding carboxylic acids is 1. The van der Waals surface area contributed by atoms with Gasteiger partial charge in [0.15, 0.2) is 5.78 Å². The quantitative estimate of drug-likeness (QED) is 0.674. The SMILES string of the molecule is CCc1ccc(C(=O)c2ccc(OC)cc2N)cc1. The molecular formula is C16H17NO2. The van der Waals surface area contributed by atoms with Crippen molar-refractivity contribution in [1.29, 1.82) is 0 Å². The standard InChI is InChI=1S/C16H17NO2/c1-3-11-4-6-12(7-5-11)16(18)14-9-8-13(19-2)10-15(14)17/h4-10H,3,17H2,1-2H3. The summed E-state index contributed by atoms with van der Waals surface area (Å²) in [4.78, 5) is 12.3. The highest BCUT2D eigenvalue weighted by molar-refractivity contribution is 6.12. The molecule has 3 nitrogen and oxygen atoms in total. The molecule has 0 unspecified atom stereocenters. The molecule has 0 spiro atoms. The van der Waals surface area contributed by atoms with E-state index in [0.29, 0.717) is 22.6 Å². The summed E-state index contributed by atoms with van der Waals surface area (Å²) in [6.07, 6.45) is 0.957. The summed E-state index contributed by atoms with van der Waals surface area (Å²) in [5, 5.41) is 0. The monoisotopic (exact) mass is 255 g/mol. The number of carbonyl (C=O) groups is 1. The maximum Gasteiger partial charge on any atom is 0.195 e. The molecule has 19 heavy (non-hydrogen) atoms. The van der Waals surface area contributed by atoms with Crippen molar-refractivity contribution in [1.82, 2.24) is 0 Å². The summed E-state index contributed by atoms with van der Waals surface area (Å²) in [6.45, 7) is 2.08. The lowest BCUT2D eigenvalue weighted by atomic mass is 10.00. The molecule has 2 aromatic carbocycles. The Morgan fingerprint density at radius 2 is 1.84 bits per heavy atom. The molecular weight excluding hydrogens is 238 g/mol. The molecule has 0 aromatic heterocycles. The van der Waals surface area contributed by atoms with E-state index < -0.39 is 0 Å². The molecule has 2 rings (SSSR count). The second kappa shape index (κ2) is 5.57. The van der Waals surface area contributed by atoms with Crippen LogP contribution >= 0.6 is 0 Å². The number of nitrogen functional groups attached to an aromatic ring is 1. The van der Waals surface area contributed by atoms with Crippen LogP contribution in [0.4, 0.5) is 5.69 Å². The number of hydrogen-bond donors (Lipinski definition) is 1. The van der Waals surface area contributed by atoms with Gasteiger partial charge in [-0.15, -0.1) is 0 Å². The van der Waals surface area contributed by atoms with Gasteiger partial charge in [-0.3, -0.25) is 4.79 Å². The van der Waals surface area contributed by atoms with Crippen LogP contribution in [0, 0.1) is 0 Å². The van der Waals surface area contributed by atoms with E-state index >= 15 is 0 Å². The third kappa shape index (κ3) is 2.76. The van der Waals surface area contributed by atoms with E-state index in [1.54, 1.807) is 25.3 Å². The normalized spacial score (nSPS) is 10.2. The second-order valence-electron chi connectivity index (χ2n) is 4.33. The first-order valence-electron chi connectivity index (χ1n) is 6.23. The zero-order chi connectivity index (χ0) is 13.8. The van der Waals surface area contributed by atoms with E-state index in [1.807, 2.05) is 24.3 Å². The lowest BCUT2D eigenvalue weighted by Crippen LogP contribution is -2.05. The van der Waals surface area contributed by atoms with E-state index in [-0.39, 0.29) is 5.78 Å². The van der Waals surface area contributed by atoms with Crippen molar-refractivity contribution in [2.75, 3.05) is 12.8 Å². The van der Waals surface area contributed by atoms with Gasteiger partial charge >= 0.3 is 0 Å². The second-order valence-corrected chi connectivity index (χ2v) is 4.33. The molecule has 0 aliphatic carbocycles. The zero-order valence-electron chi connectivity index (χ0n) is 11.1. The highest BCUT2D eigenvalue weighted by Gasteiger charge is 2.12. The van der Waals surface area contributed by atoms with Gasteiger partial charge in [0.1, 0.15) is 5.75 Å². The molecule has 0 amide bonds. The maximum atomic E-state index is 12.3. The molecule has 0 heterocycles. The van der Waals surface area contributed by atoms with Crippen LogP contribution in [0.15, 0.2) is 42.5 Å². The van der Waals surface area contributed by atoms with Gasteiger partial charge in [-0.2, -0.15) is 0 Å². The van der Waals surface area contributed by atoms with Crippen LogP contribution in [-0.4, -0.2) is 12.9 Å². The molecule has 0 atom stereocenters. The fourth-order valence-corrected chi connectivity index (χ4v) is 1.92. The number of aryl methyl sites for hydroxylation is 1. The summed E-state index contributed by atoms with van der Waals surface area (Å²) in [5.41, 5.74) is 8.68. The summed E-state index contributed by atoms with van der Waals surface area (Å²) < 4.78 is 5.07. The molecule has 0 bridgehead atoms. The van der Waals surface area contributed by atoms with Gasteiger partial charge in [0.05, 0.1) is 7.11 Å². The Morgan fingerprint density at radius 3 is 2.37 bits per heavy atom. The van der Waals surface area contributed by atoms with E-state index in [9.17, 15) is 4.79 Å². The topological polar surface area (TPSA) is 52.3 Å². The summed E-state index contributed by atoms with van der Waals surface area (Å²) >= 11 is 0. The van der Waals surface area contributed by atoms with Gasteiger partial charge < -0.3 is 10.5 Å². The Kier molecular flexibility index (Phi) is 3.85. The van der Waals surface area contributed by atoms with Gasteiger partial charge in [-0.1, -0.05) is 31.2 Å². The van der Waals surface area contributed by atoms with Gasteiger partial charge in [0, 0.05) is 22.9 Å². The molecule has 0 aliphatic heterocycles. The molecule has 0 fully saturated rings. The minimum atomic E-state index is -0.0668. The Bertz CT molecular complexity index is 588. The Hall–Kier alpha value is -2.29. The van der Waals surface area contributed by atoms with E-state index in [1.165, 1.54) is 5.56 Å². The largest absolute Gasteiger partial charge is 0.497 e. The average molecular weight is 255 g/mol. The molecule has 0 saturated heterocycles. The highest BCUT2D eigenvalue weighted by atomic mass is 16.5. The van der Waals surface area contributed by atoms with Crippen molar-refractivity contribution in [3.8, 4) is 5.75 Å². The van der Waals surface area contributed by atoms with E-state index in [2.05, 4.69) is 6.92 Å². The predicted octanol–water partition coefficient (Wildman–Crippen LogP) is 3.07. The van der Waals surface area contributed by atoms with Crippen molar-refractivity contribution < 1.29 is 9.53 Å². The van der Waals surface area contributed by atoms with Gasteiger partial charge in [-0.05, 0) is 24.1 Å². The summed E-state index contributed by atoms with van der Waals surface area (Å²) in [6, 6.07) is 12.7. The van der Waals surface area contributed by atoms with E-state index in [4.69, 9.17) is 10.5 Å². The number of ether oxygens (including phenoxy) is 1. The highest BCUT2D eigenvalue weighted by Crippen LogP contribution is 2.22. The lowest BCUT2D eigenvalue weighted by molar-refractivity contribution is 0.103. The third-order valence-corrected chi connectivity index (χ3v) is 3.13. The number of benzene rings is 2. The smallest absolute Gasteiger partial charge is 0.195 e. The van der Waals surface area contributed by atoms with Crippen LogP contribution in [-0.2, 0) is 6.42 Å². The molecule has 98 valence electrons. The van der Waals surface area contributed by atoms with Gasteiger partial charge in [0.2, 0.25) is 0 Å². The first-order chi connectivity index (χ1) is 9.15. The van der Waals surface area contributed by atoms with Crippen LogP contribution in [0.3, 0.4) is 0 Å². The number of nitrogens with two attached hydrogens (primary N) is 1.